The molecule has 1 saturated heterocycles. The van der Waals surface area contributed by atoms with Crippen LogP contribution in [0.4, 0.5) is 5.95 Å². The van der Waals surface area contributed by atoms with Gasteiger partial charge in [-0.05, 0) is 69.4 Å². The van der Waals surface area contributed by atoms with Crippen molar-refractivity contribution in [1.29, 1.82) is 0 Å². The van der Waals surface area contributed by atoms with E-state index in [1.54, 1.807) is 7.11 Å². The van der Waals surface area contributed by atoms with Gasteiger partial charge in [-0.25, -0.2) is 4.98 Å². The lowest BCUT2D eigenvalue weighted by molar-refractivity contribution is 0.0784. The number of anilines is 1. The highest BCUT2D eigenvalue weighted by Gasteiger charge is 2.20. The third-order valence-electron chi connectivity index (χ3n) is 5.83. The predicted molar refractivity (Wildman–Crippen MR) is 122 cm³/mol. The van der Waals surface area contributed by atoms with Gasteiger partial charge in [0.1, 0.15) is 11.6 Å². The van der Waals surface area contributed by atoms with Crippen LogP contribution in [-0.4, -0.2) is 59.0 Å². The fraction of sp³-hybridized carbons (Fsp3) is 0.522. The van der Waals surface area contributed by atoms with Gasteiger partial charge < -0.3 is 20.1 Å². The van der Waals surface area contributed by atoms with E-state index in [1.165, 1.54) is 0 Å². The Labute approximate surface area is 183 Å². The van der Waals surface area contributed by atoms with Crippen LogP contribution in [0, 0.1) is 27.7 Å². The number of nitrogens with one attached hydrogen (secondary N) is 2. The van der Waals surface area contributed by atoms with Crippen LogP contribution in [0.3, 0.4) is 0 Å². The number of ether oxygens (including phenoxy) is 2. The molecular formula is C23H32N6O2. The van der Waals surface area contributed by atoms with Crippen LogP contribution < -0.4 is 15.4 Å². The average molecular weight is 425 g/mol. The molecule has 3 aromatic rings. The summed E-state index contributed by atoms with van der Waals surface area (Å²) in [6.07, 6.45) is 2.14. The molecule has 3 heterocycles. The van der Waals surface area contributed by atoms with Crippen molar-refractivity contribution in [1.82, 2.24) is 24.9 Å². The molecule has 31 heavy (non-hydrogen) atoms. The monoisotopic (exact) mass is 424 g/mol. The zero-order valence-corrected chi connectivity index (χ0v) is 19.1. The third kappa shape index (κ3) is 4.50. The quantitative estimate of drug-likeness (QED) is 0.563. The van der Waals surface area contributed by atoms with Crippen LogP contribution in [0.5, 0.6) is 5.75 Å². The largest absolute Gasteiger partial charge is 0.497 e. The number of aryl methyl sites for hydroxylation is 4. The van der Waals surface area contributed by atoms with Crippen molar-refractivity contribution in [3.05, 3.63) is 34.8 Å². The second-order valence-corrected chi connectivity index (χ2v) is 8.19. The highest BCUT2D eigenvalue weighted by Crippen LogP contribution is 2.35. The molecule has 0 saturated carbocycles. The van der Waals surface area contributed by atoms with E-state index in [0.717, 1.165) is 90.3 Å². The Bertz CT molecular complexity index is 1050. The van der Waals surface area contributed by atoms with E-state index in [9.17, 15) is 0 Å². The molecule has 1 aliphatic rings. The van der Waals surface area contributed by atoms with E-state index >= 15 is 0 Å². The lowest BCUT2D eigenvalue weighted by Crippen LogP contribution is -2.37. The molecule has 0 atom stereocenters. The molecule has 8 heteroatoms. The molecule has 1 fully saturated rings. The molecule has 2 N–H and O–H groups in total. The molecule has 4 rings (SSSR count). The van der Waals surface area contributed by atoms with Crippen LogP contribution in [-0.2, 0) is 4.74 Å². The van der Waals surface area contributed by atoms with Gasteiger partial charge in [0, 0.05) is 32.3 Å². The Balaban J connectivity index is 1.61. The summed E-state index contributed by atoms with van der Waals surface area (Å²) in [5, 5.41) is 11.8. The minimum atomic E-state index is 0.530. The Morgan fingerprint density at radius 2 is 1.74 bits per heavy atom. The maximum absolute atomic E-state index is 5.43. The molecule has 0 radical (unpaired) electrons. The number of methoxy groups -OCH3 is 1. The second kappa shape index (κ2) is 9.20. The minimum Gasteiger partial charge on any atom is -0.497 e. The molecule has 1 aliphatic heterocycles. The zero-order chi connectivity index (χ0) is 22.0. The summed E-state index contributed by atoms with van der Waals surface area (Å²) >= 11 is 0. The van der Waals surface area contributed by atoms with Gasteiger partial charge in [0.25, 0.3) is 0 Å². The maximum Gasteiger partial charge on any atom is 0.227 e. The SMILES string of the molecule is COc1cc(C)c(-c2c(C)nn3c(NCCNC4CCOCC4)nc(C)nc23)c(C)c1. The lowest BCUT2D eigenvalue weighted by atomic mass is 9.95. The molecule has 0 unspecified atom stereocenters. The molecule has 0 bridgehead atoms. The summed E-state index contributed by atoms with van der Waals surface area (Å²) in [6, 6.07) is 4.64. The number of rotatable bonds is 7. The molecule has 0 spiro atoms. The smallest absolute Gasteiger partial charge is 0.227 e. The van der Waals surface area contributed by atoms with Crippen molar-refractivity contribution < 1.29 is 9.47 Å². The summed E-state index contributed by atoms with van der Waals surface area (Å²) in [5.41, 5.74) is 6.23. The van der Waals surface area contributed by atoms with Gasteiger partial charge in [0.2, 0.25) is 5.95 Å². The number of hydrogen-bond acceptors (Lipinski definition) is 7. The summed E-state index contributed by atoms with van der Waals surface area (Å²) in [7, 11) is 1.69. The van der Waals surface area contributed by atoms with E-state index in [-0.39, 0.29) is 0 Å². The first kappa shape index (κ1) is 21.5. The van der Waals surface area contributed by atoms with Crippen LogP contribution in [0.15, 0.2) is 12.1 Å². The second-order valence-electron chi connectivity index (χ2n) is 8.19. The van der Waals surface area contributed by atoms with Crippen molar-refractivity contribution in [2.75, 3.05) is 38.7 Å². The molecule has 0 amide bonds. The maximum atomic E-state index is 5.43. The summed E-state index contributed by atoms with van der Waals surface area (Å²) in [5.74, 6) is 2.30. The Morgan fingerprint density at radius 1 is 1.03 bits per heavy atom. The molecule has 0 aliphatic carbocycles. The topological polar surface area (TPSA) is 85.6 Å². The van der Waals surface area contributed by atoms with E-state index < -0.39 is 0 Å². The Kier molecular flexibility index (Phi) is 6.38. The van der Waals surface area contributed by atoms with Crippen molar-refractivity contribution in [2.45, 2.75) is 46.6 Å². The van der Waals surface area contributed by atoms with Crippen molar-refractivity contribution >= 4 is 11.6 Å². The third-order valence-corrected chi connectivity index (χ3v) is 5.83. The van der Waals surface area contributed by atoms with Gasteiger partial charge in [0.05, 0.1) is 18.4 Å². The molecular weight excluding hydrogens is 392 g/mol. The highest BCUT2D eigenvalue weighted by atomic mass is 16.5. The summed E-state index contributed by atoms with van der Waals surface area (Å²) in [6.45, 7) is 11.5. The van der Waals surface area contributed by atoms with Gasteiger partial charge in [-0.2, -0.15) is 14.6 Å². The van der Waals surface area contributed by atoms with Crippen LogP contribution in [0.2, 0.25) is 0 Å². The van der Waals surface area contributed by atoms with Crippen LogP contribution in [0.25, 0.3) is 16.8 Å². The molecule has 2 aromatic heterocycles. The van der Waals surface area contributed by atoms with Crippen LogP contribution >= 0.6 is 0 Å². The molecule has 166 valence electrons. The van der Waals surface area contributed by atoms with E-state index in [0.29, 0.717) is 6.04 Å². The number of aromatic nitrogens is 4. The van der Waals surface area contributed by atoms with E-state index in [4.69, 9.17) is 19.6 Å². The standard InChI is InChI=1S/C23H32N6O2/c1-14-12-19(30-5)13-15(2)20(14)21-16(3)28-29-22(21)26-17(4)27-23(29)25-9-8-24-18-6-10-31-11-7-18/h12-13,18,24H,6-11H2,1-5H3,(H,25,26,27). The summed E-state index contributed by atoms with van der Waals surface area (Å²) in [4.78, 5) is 9.37. The number of hydrogen-bond donors (Lipinski definition) is 2. The summed E-state index contributed by atoms with van der Waals surface area (Å²) < 4.78 is 12.7. The Morgan fingerprint density at radius 3 is 2.42 bits per heavy atom. The molecule has 8 nitrogen and oxygen atoms in total. The average Bonchev–Trinajstić information content (AvgIpc) is 3.07. The van der Waals surface area contributed by atoms with E-state index in [1.807, 2.05) is 18.4 Å². The fourth-order valence-electron chi connectivity index (χ4n) is 4.34. The zero-order valence-electron chi connectivity index (χ0n) is 19.1. The Hall–Kier alpha value is -2.71. The van der Waals surface area contributed by atoms with Crippen LogP contribution in [0.1, 0.15) is 35.5 Å². The van der Waals surface area contributed by atoms with Gasteiger partial charge >= 0.3 is 0 Å². The first-order valence-electron chi connectivity index (χ1n) is 10.9. The number of nitrogens with zero attached hydrogens (tertiary/aromatic N) is 4. The fourth-order valence-corrected chi connectivity index (χ4v) is 4.34. The van der Waals surface area contributed by atoms with Crippen molar-refractivity contribution in [2.24, 2.45) is 0 Å². The number of fused-ring (bicyclic) bond motifs is 1. The molecule has 1 aromatic carbocycles. The number of benzene rings is 1. The van der Waals surface area contributed by atoms with E-state index in [2.05, 4.69) is 41.6 Å². The first-order chi connectivity index (χ1) is 15.0. The van der Waals surface area contributed by atoms with Gasteiger partial charge in [0.15, 0.2) is 5.65 Å². The predicted octanol–water partition coefficient (Wildman–Crippen LogP) is 3.21. The normalized spacial score (nSPS) is 14.9. The van der Waals surface area contributed by atoms with Crippen molar-refractivity contribution in [3.8, 4) is 16.9 Å². The lowest BCUT2D eigenvalue weighted by Gasteiger charge is -2.23. The van der Waals surface area contributed by atoms with Gasteiger partial charge in [-0.1, -0.05) is 0 Å². The van der Waals surface area contributed by atoms with Gasteiger partial charge in [-0.3, -0.25) is 0 Å². The first-order valence-corrected chi connectivity index (χ1v) is 10.9. The van der Waals surface area contributed by atoms with Gasteiger partial charge in [-0.15, -0.1) is 0 Å². The highest BCUT2D eigenvalue weighted by molar-refractivity contribution is 5.84. The van der Waals surface area contributed by atoms with Crippen molar-refractivity contribution in [3.63, 3.8) is 0 Å². The minimum absolute atomic E-state index is 0.530.